The summed E-state index contributed by atoms with van der Waals surface area (Å²) in [7, 11) is 3.63. The number of rotatable bonds is 4. The minimum atomic E-state index is -0.816. The molecule has 0 spiro atoms. The van der Waals surface area contributed by atoms with Crippen LogP contribution in [0.15, 0.2) is 0 Å². The zero-order valence-electron chi connectivity index (χ0n) is 17.4. The van der Waals surface area contributed by atoms with E-state index in [1.807, 2.05) is 27.9 Å². The summed E-state index contributed by atoms with van der Waals surface area (Å²) in [6.45, 7) is 8.68. The van der Waals surface area contributed by atoms with E-state index in [9.17, 15) is 9.59 Å². The Balaban J connectivity index is -0.0000000673. The van der Waals surface area contributed by atoms with Gasteiger partial charge in [0.1, 0.15) is 14.9 Å². The molecular formula is C15H28Cl4NNaO3S4. The Kier molecular flexibility index (Phi) is 41.9. The van der Waals surface area contributed by atoms with Crippen molar-refractivity contribution in [1.82, 2.24) is 4.90 Å². The summed E-state index contributed by atoms with van der Waals surface area (Å²) in [5.74, 6) is -0.561. The predicted molar refractivity (Wildman–Crippen MR) is 135 cm³/mol. The van der Waals surface area contributed by atoms with Crippen molar-refractivity contribution >= 4 is 116 Å². The molecule has 0 radical (unpaired) electrons. The van der Waals surface area contributed by atoms with Crippen LogP contribution in [0.1, 0.15) is 47.5 Å². The van der Waals surface area contributed by atoms with Crippen LogP contribution in [-0.4, -0.2) is 53.4 Å². The first-order valence-corrected chi connectivity index (χ1v) is 10.6. The number of aliphatic carboxylic acids is 1. The van der Waals surface area contributed by atoms with Crippen LogP contribution in [0.3, 0.4) is 0 Å². The zero-order valence-corrected chi connectivity index (χ0v) is 25.7. The van der Waals surface area contributed by atoms with Crippen molar-refractivity contribution in [2.75, 3.05) is 14.1 Å². The maximum atomic E-state index is 10.9. The molecule has 0 bridgehead atoms. The molecule has 1 unspecified atom stereocenters. The van der Waals surface area contributed by atoms with Crippen molar-refractivity contribution in [3.05, 3.63) is 0 Å². The molecule has 13 heteroatoms. The molecule has 0 aromatic carbocycles. The van der Waals surface area contributed by atoms with E-state index in [1.165, 1.54) is 11.8 Å². The van der Waals surface area contributed by atoms with Gasteiger partial charge in [-0.1, -0.05) is 79.6 Å². The molecule has 0 saturated heterocycles. The molecule has 0 rings (SSSR count). The van der Waals surface area contributed by atoms with Crippen LogP contribution in [0.25, 0.3) is 0 Å². The van der Waals surface area contributed by atoms with Gasteiger partial charge in [-0.15, -0.1) is 12.4 Å². The van der Waals surface area contributed by atoms with Gasteiger partial charge in [0, 0.05) is 20.5 Å². The van der Waals surface area contributed by atoms with Crippen molar-refractivity contribution in [2.24, 2.45) is 0 Å². The number of Topliss-reactive ketones (excluding diaryl/α,β-unsaturated/α-hetero) is 1. The Labute approximate surface area is 233 Å². The fourth-order valence-electron chi connectivity index (χ4n) is 0.551. The summed E-state index contributed by atoms with van der Waals surface area (Å²) < 4.78 is -0.367. The Morgan fingerprint density at radius 3 is 1.54 bits per heavy atom. The second-order valence-electron chi connectivity index (χ2n) is 4.95. The number of halogens is 4. The summed E-state index contributed by atoms with van der Waals surface area (Å²) in [5.41, 5.74) is 0. The number of hydrogen-bond acceptors (Lipinski definition) is 6. The van der Waals surface area contributed by atoms with Crippen molar-refractivity contribution in [2.45, 2.75) is 56.5 Å². The maximum absolute atomic E-state index is 10.9. The van der Waals surface area contributed by atoms with Gasteiger partial charge < -0.3 is 39.6 Å². The number of nitrogens with zero attached hydrogens (tertiary/aromatic N) is 1. The summed E-state index contributed by atoms with van der Waals surface area (Å²) >= 11 is 29.4. The van der Waals surface area contributed by atoms with E-state index < -0.39 is 15.0 Å². The SMILES string of the molecule is CC(=S)[S-].CCC(C)(SC(=S)N(C)C)C(=O)O.CCC(C)=O.Cl.ClC(Cl)Cl.[Na+]. The molecule has 0 aromatic rings. The third kappa shape index (κ3) is 42.1. The van der Waals surface area contributed by atoms with Crippen molar-refractivity contribution in [3.63, 3.8) is 0 Å². The van der Waals surface area contributed by atoms with E-state index in [1.54, 1.807) is 25.7 Å². The van der Waals surface area contributed by atoms with Gasteiger partial charge in [-0.25, -0.2) is 0 Å². The second kappa shape index (κ2) is 26.9. The van der Waals surface area contributed by atoms with Crippen molar-refractivity contribution in [3.8, 4) is 0 Å². The van der Waals surface area contributed by atoms with Gasteiger partial charge in [0.15, 0.2) is 4.30 Å². The number of thiocarbonyl (C=S) groups is 2. The van der Waals surface area contributed by atoms with Gasteiger partial charge >= 0.3 is 35.5 Å². The van der Waals surface area contributed by atoms with E-state index in [0.717, 1.165) is 0 Å². The smallest absolute Gasteiger partial charge is 0.480 e. The van der Waals surface area contributed by atoms with E-state index >= 15 is 0 Å². The topological polar surface area (TPSA) is 57.6 Å². The largest absolute Gasteiger partial charge is 1.00 e. The van der Waals surface area contributed by atoms with Gasteiger partial charge in [-0.2, -0.15) is 4.20 Å². The van der Waals surface area contributed by atoms with Crippen LogP contribution >= 0.6 is 83.4 Å². The Hall–Kier alpha value is 1.85. The van der Waals surface area contributed by atoms with E-state index in [2.05, 4.69) is 24.8 Å². The number of carbonyl (C=O) groups excluding carboxylic acids is 1. The average Bonchev–Trinajstić information content (AvgIpc) is 2.46. The minimum absolute atomic E-state index is 0. The van der Waals surface area contributed by atoms with Crippen LogP contribution < -0.4 is 29.6 Å². The molecule has 0 fully saturated rings. The number of ketones is 1. The summed E-state index contributed by atoms with van der Waals surface area (Å²) in [6, 6.07) is 0. The quantitative estimate of drug-likeness (QED) is 0.243. The Morgan fingerprint density at radius 2 is 1.43 bits per heavy atom. The molecule has 1 atom stereocenters. The van der Waals surface area contributed by atoms with Crippen molar-refractivity contribution in [1.29, 1.82) is 0 Å². The second-order valence-corrected chi connectivity index (χ2v) is 10.5. The molecule has 28 heavy (non-hydrogen) atoms. The van der Waals surface area contributed by atoms with E-state index in [0.29, 0.717) is 21.4 Å². The molecule has 0 aliphatic carbocycles. The first kappa shape index (κ1) is 43.7. The van der Waals surface area contributed by atoms with Crippen LogP contribution in [-0.2, 0) is 22.2 Å². The fourth-order valence-corrected chi connectivity index (χ4v) is 1.90. The molecule has 4 nitrogen and oxygen atoms in total. The molecule has 0 heterocycles. The van der Waals surface area contributed by atoms with Gasteiger partial charge in [0.25, 0.3) is 0 Å². The normalized spacial score (nSPS) is 10.4. The third-order valence-electron chi connectivity index (χ3n) is 2.30. The number of hydrogen-bond donors (Lipinski definition) is 1. The minimum Gasteiger partial charge on any atom is -0.480 e. The zero-order chi connectivity index (χ0) is 22.1. The van der Waals surface area contributed by atoms with E-state index in [-0.39, 0.29) is 47.7 Å². The number of thioether (sulfide) groups is 1. The van der Waals surface area contributed by atoms with Gasteiger partial charge in [-0.05, 0) is 20.3 Å². The number of carbonyl (C=O) groups is 2. The first-order chi connectivity index (χ1) is 11.6. The van der Waals surface area contributed by atoms with Crippen molar-refractivity contribution < 1.29 is 44.3 Å². The summed E-state index contributed by atoms with van der Waals surface area (Å²) in [4.78, 5) is 22.5. The molecule has 0 aliphatic heterocycles. The van der Waals surface area contributed by atoms with Crippen LogP contribution in [0, 0.1) is 0 Å². The molecule has 0 aliphatic rings. The van der Waals surface area contributed by atoms with Crippen LogP contribution in [0.2, 0.25) is 0 Å². The van der Waals surface area contributed by atoms with E-state index in [4.69, 9.17) is 52.1 Å². The molecule has 0 saturated carbocycles. The third-order valence-corrected chi connectivity index (χ3v) is 4.37. The molecule has 1 N–H and O–H groups in total. The Bertz CT molecular complexity index is 441. The number of carboxylic acid groups (broad SMARTS) is 1. The number of carboxylic acids is 1. The van der Waals surface area contributed by atoms with Gasteiger partial charge in [-0.3, -0.25) is 4.79 Å². The monoisotopic (exact) mass is 561 g/mol. The first-order valence-electron chi connectivity index (χ1n) is 7.30. The van der Waals surface area contributed by atoms with Gasteiger partial charge in [0.2, 0.25) is 0 Å². The molecule has 0 amide bonds. The summed E-state index contributed by atoms with van der Waals surface area (Å²) in [5, 5.41) is 8.96. The molecule has 0 aromatic heterocycles. The Morgan fingerprint density at radius 1 is 1.18 bits per heavy atom. The van der Waals surface area contributed by atoms with Crippen LogP contribution in [0.5, 0.6) is 0 Å². The maximum Gasteiger partial charge on any atom is 1.00 e. The fraction of sp³-hybridized carbons (Fsp3) is 0.733. The van der Waals surface area contributed by atoms with Gasteiger partial charge in [0.05, 0.1) is 0 Å². The predicted octanol–water partition coefficient (Wildman–Crippen LogP) is 3.10. The number of alkyl halides is 3. The molecular weight excluding hydrogens is 535 g/mol. The van der Waals surface area contributed by atoms with Crippen LogP contribution in [0.4, 0.5) is 0 Å². The summed E-state index contributed by atoms with van der Waals surface area (Å²) in [6.07, 6.45) is 1.22. The standard InChI is InChI=1S/C8H15NO2S2.C4H8O.C2H4S2.CHCl3.ClH.Na/c1-5-8(2,6(10)11)13-7(12)9(3)4;1-3-4(2)5;1-2(3)4;2-1(3)4;;/h5H2,1-4H3,(H,10,11);3H2,1-2H3;1H3,(H,3,4);1H;1H;/q;;;;;+1/p-1. The average molecular weight is 563 g/mol. The molecule has 164 valence electrons.